The lowest BCUT2D eigenvalue weighted by atomic mass is 10.1. The van der Waals surface area contributed by atoms with E-state index < -0.39 is 18.2 Å². The zero-order valence-electron chi connectivity index (χ0n) is 13.7. The van der Waals surface area contributed by atoms with Crippen LogP contribution in [0.1, 0.15) is 27.8 Å². The highest BCUT2D eigenvalue weighted by molar-refractivity contribution is 6.04. The van der Waals surface area contributed by atoms with Crippen LogP contribution in [0, 0.1) is 0 Å². The van der Waals surface area contributed by atoms with Crippen LogP contribution in [-0.2, 0) is 6.42 Å². The van der Waals surface area contributed by atoms with Crippen LogP contribution in [0.5, 0.6) is 5.75 Å². The summed E-state index contributed by atoms with van der Waals surface area (Å²) < 4.78 is 5.07. The minimum Gasteiger partial charge on any atom is -0.497 e. The largest absolute Gasteiger partial charge is 0.497 e. The Morgan fingerprint density at radius 1 is 1.04 bits per heavy atom. The van der Waals surface area contributed by atoms with Crippen LogP contribution < -0.4 is 15.4 Å². The first-order valence-electron chi connectivity index (χ1n) is 7.68. The van der Waals surface area contributed by atoms with Gasteiger partial charge in [-0.05, 0) is 36.2 Å². The molecule has 0 spiro atoms. The number of carbonyl (C=O) groups is 2. The molecule has 0 saturated heterocycles. The van der Waals surface area contributed by atoms with Gasteiger partial charge in [-0.1, -0.05) is 24.3 Å². The predicted molar refractivity (Wildman–Crippen MR) is 91.2 cm³/mol. The number of amides is 3. The van der Waals surface area contributed by atoms with E-state index in [2.05, 4.69) is 10.6 Å². The third kappa shape index (κ3) is 5.59. The molecule has 0 heterocycles. The monoisotopic (exact) mass is 344 g/mol. The lowest BCUT2D eigenvalue weighted by Gasteiger charge is -2.08. The van der Waals surface area contributed by atoms with Crippen LogP contribution in [0.3, 0.4) is 0 Å². The quantitative estimate of drug-likeness (QED) is 0.592. The number of benzene rings is 2. The van der Waals surface area contributed by atoms with Crippen LogP contribution in [0.15, 0.2) is 48.5 Å². The average molecular weight is 344 g/mol. The lowest BCUT2D eigenvalue weighted by Crippen LogP contribution is -2.40. The van der Waals surface area contributed by atoms with E-state index in [1.165, 1.54) is 24.3 Å². The molecule has 25 heavy (non-hydrogen) atoms. The number of imide groups is 1. The number of aliphatic hydroxyl groups excluding tert-OH is 1. The Morgan fingerprint density at radius 3 is 2.24 bits per heavy atom. The fourth-order valence-electron chi connectivity index (χ4n) is 2.14. The molecule has 3 amide bonds. The molecule has 2 rings (SSSR count). The van der Waals surface area contributed by atoms with Gasteiger partial charge in [0, 0.05) is 17.7 Å². The molecule has 132 valence electrons. The van der Waals surface area contributed by atoms with Gasteiger partial charge >= 0.3 is 6.03 Å². The first-order valence-corrected chi connectivity index (χ1v) is 7.68. The van der Waals surface area contributed by atoms with Crippen molar-refractivity contribution in [1.29, 1.82) is 0 Å². The minimum atomic E-state index is -1.60. The van der Waals surface area contributed by atoms with Crippen LogP contribution in [0.2, 0.25) is 0 Å². The van der Waals surface area contributed by atoms with Crippen LogP contribution >= 0.6 is 0 Å². The highest BCUT2D eigenvalue weighted by Crippen LogP contribution is 2.12. The van der Waals surface area contributed by atoms with Crippen molar-refractivity contribution < 1.29 is 24.5 Å². The van der Waals surface area contributed by atoms with Crippen molar-refractivity contribution >= 4 is 11.9 Å². The first kappa shape index (κ1) is 18.4. The number of rotatable bonds is 6. The molecule has 2 aromatic rings. The van der Waals surface area contributed by atoms with E-state index in [0.717, 1.165) is 11.3 Å². The standard InChI is InChI=1S/C18H20N2O5/c1-25-15-8-2-12(3-9-15)10-11-19-18(24)20-16(21)13-4-6-14(7-5-13)17(22)23/h2-9,17,22-23H,10-11H2,1H3,(H2,19,20,21,24). The molecule has 0 saturated carbocycles. The smallest absolute Gasteiger partial charge is 0.321 e. The molecule has 0 fully saturated rings. The summed E-state index contributed by atoms with van der Waals surface area (Å²) in [7, 11) is 1.59. The molecule has 0 aliphatic heterocycles. The molecule has 7 nitrogen and oxygen atoms in total. The van der Waals surface area contributed by atoms with Crippen molar-refractivity contribution in [2.45, 2.75) is 12.7 Å². The highest BCUT2D eigenvalue weighted by Gasteiger charge is 2.11. The Morgan fingerprint density at radius 2 is 1.68 bits per heavy atom. The zero-order valence-corrected chi connectivity index (χ0v) is 13.7. The summed E-state index contributed by atoms with van der Waals surface area (Å²) in [5.41, 5.74) is 1.54. The number of hydrogen-bond donors (Lipinski definition) is 4. The molecule has 7 heteroatoms. The molecule has 0 unspecified atom stereocenters. The number of methoxy groups -OCH3 is 1. The predicted octanol–water partition coefficient (Wildman–Crippen LogP) is 1.36. The van der Waals surface area contributed by atoms with Gasteiger partial charge in [0.05, 0.1) is 7.11 Å². The Bertz CT molecular complexity index is 711. The van der Waals surface area contributed by atoms with Gasteiger partial charge in [0.2, 0.25) is 0 Å². The Balaban J connectivity index is 1.78. The Hall–Kier alpha value is -2.90. The molecule has 2 aromatic carbocycles. The third-order valence-corrected chi connectivity index (χ3v) is 3.56. The van der Waals surface area contributed by atoms with Gasteiger partial charge < -0.3 is 20.3 Å². The fourth-order valence-corrected chi connectivity index (χ4v) is 2.14. The second kappa shape index (κ2) is 8.81. The van der Waals surface area contributed by atoms with E-state index in [0.29, 0.717) is 13.0 Å². The minimum absolute atomic E-state index is 0.245. The maximum Gasteiger partial charge on any atom is 0.321 e. The summed E-state index contributed by atoms with van der Waals surface area (Å²) in [5.74, 6) is 0.195. The Labute approximate surface area is 145 Å². The summed E-state index contributed by atoms with van der Waals surface area (Å²) in [6, 6.07) is 12.5. The molecule has 0 aliphatic carbocycles. The van der Waals surface area contributed by atoms with Crippen molar-refractivity contribution in [2.75, 3.05) is 13.7 Å². The molecule has 0 radical (unpaired) electrons. The zero-order chi connectivity index (χ0) is 18.2. The third-order valence-electron chi connectivity index (χ3n) is 3.56. The average Bonchev–Trinajstić information content (AvgIpc) is 2.62. The number of urea groups is 1. The molecule has 0 aromatic heterocycles. The molecular formula is C18H20N2O5. The van der Waals surface area contributed by atoms with Gasteiger partial charge in [-0.15, -0.1) is 0 Å². The summed E-state index contributed by atoms with van der Waals surface area (Å²) >= 11 is 0. The number of carbonyl (C=O) groups excluding carboxylic acids is 2. The van der Waals surface area contributed by atoms with E-state index in [4.69, 9.17) is 14.9 Å². The van der Waals surface area contributed by atoms with Crippen molar-refractivity contribution in [1.82, 2.24) is 10.6 Å². The van der Waals surface area contributed by atoms with Crippen molar-refractivity contribution in [2.24, 2.45) is 0 Å². The van der Waals surface area contributed by atoms with Crippen LogP contribution in [0.25, 0.3) is 0 Å². The molecule has 0 atom stereocenters. The summed E-state index contributed by atoms with van der Waals surface area (Å²) in [4.78, 5) is 23.7. The van der Waals surface area contributed by atoms with Crippen LogP contribution in [-0.4, -0.2) is 35.8 Å². The number of ether oxygens (including phenoxy) is 1. The number of nitrogens with one attached hydrogen (secondary N) is 2. The van der Waals surface area contributed by atoms with Gasteiger partial charge in [-0.25, -0.2) is 4.79 Å². The first-order chi connectivity index (χ1) is 12.0. The van der Waals surface area contributed by atoms with E-state index in [-0.39, 0.29) is 11.1 Å². The second-order valence-electron chi connectivity index (χ2n) is 5.30. The van der Waals surface area contributed by atoms with Crippen molar-refractivity contribution in [3.8, 4) is 5.75 Å². The molecule has 0 aliphatic rings. The van der Waals surface area contributed by atoms with Crippen LogP contribution in [0.4, 0.5) is 4.79 Å². The molecule has 4 N–H and O–H groups in total. The second-order valence-corrected chi connectivity index (χ2v) is 5.30. The highest BCUT2D eigenvalue weighted by atomic mass is 16.5. The van der Waals surface area contributed by atoms with E-state index in [1.54, 1.807) is 7.11 Å². The number of hydrogen-bond acceptors (Lipinski definition) is 5. The van der Waals surface area contributed by atoms with Crippen molar-refractivity contribution in [3.63, 3.8) is 0 Å². The van der Waals surface area contributed by atoms with Gasteiger partial charge in [-0.3, -0.25) is 10.1 Å². The summed E-state index contributed by atoms with van der Waals surface area (Å²) in [6.07, 6.45) is -0.979. The summed E-state index contributed by atoms with van der Waals surface area (Å²) in [5, 5.41) is 22.8. The van der Waals surface area contributed by atoms with E-state index in [9.17, 15) is 9.59 Å². The maximum absolute atomic E-state index is 11.9. The SMILES string of the molecule is COc1ccc(CCNC(=O)NC(=O)c2ccc(C(O)O)cc2)cc1. The van der Waals surface area contributed by atoms with Gasteiger partial charge in [0.15, 0.2) is 6.29 Å². The van der Waals surface area contributed by atoms with Gasteiger partial charge in [0.25, 0.3) is 5.91 Å². The topological polar surface area (TPSA) is 108 Å². The molecule has 0 bridgehead atoms. The van der Waals surface area contributed by atoms with Gasteiger partial charge in [-0.2, -0.15) is 0 Å². The normalized spacial score (nSPS) is 10.4. The fraction of sp³-hybridized carbons (Fsp3) is 0.222. The number of aliphatic hydroxyl groups is 2. The van der Waals surface area contributed by atoms with E-state index >= 15 is 0 Å². The van der Waals surface area contributed by atoms with Gasteiger partial charge in [0.1, 0.15) is 5.75 Å². The molecular weight excluding hydrogens is 324 g/mol. The van der Waals surface area contributed by atoms with E-state index in [1.807, 2.05) is 24.3 Å². The maximum atomic E-state index is 11.9. The lowest BCUT2D eigenvalue weighted by molar-refractivity contribution is -0.0425. The Kier molecular flexibility index (Phi) is 6.50. The summed E-state index contributed by atoms with van der Waals surface area (Å²) in [6.45, 7) is 0.376. The van der Waals surface area contributed by atoms with Crippen molar-refractivity contribution in [3.05, 3.63) is 65.2 Å².